The fraction of sp³-hybridized carbons (Fsp3) is 0.188. The van der Waals surface area contributed by atoms with Crippen LogP contribution in [0.2, 0.25) is 0 Å². The normalized spacial score (nSPS) is 9.42. The third-order valence-electron chi connectivity index (χ3n) is 5.32. The van der Waals surface area contributed by atoms with Gasteiger partial charge in [0.05, 0.1) is 13.2 Å². The van der Waals surface area contributed by atoms with Crippen LogP contribution in [-0.4, -0.2) is 47.6 Å². The number of benzene rings is 2. The second-order valence-corrected chi connectivity index (χ2v) is 8.39. The Balaban J connectivity index is 0.000000255. The first-order valence-corrected chi connectivity index (χ1v) is 13.5. The van der Waals surface area contributed by atoms with Gasteiger partial charge in [-0.3, -0.25) is 9.59 Å². The number of nitrogens with zero attached hydrogens (tertiary/aromatic N) is 3. The molecule has 0 amide bonds. The molecule has 2 aromatic heterocycles. The zero-order valence-corrected chi connectivity index (χ0v) is 24.3. The highest BCUT2D eigenvalue weighted by molar-refractivity contribution is 6.26. The molecule has 2 heterocycles. The largest absolute Gasteiger partial charge is 0.465 e. The van der Waals surface area contributed by atoms with Gasteiger partial charge >= 0.3 is 11.9 Å². The molecule has 11 heteroatoms. The first-order valence-electron chi connectivity index (χ1n) is 13.0. The van der Waals surface area contributed by atoms with E-state index in [0.717, 1.165) is 11.1 Å². The number of carbonyl (C=O) groups is 2. The monoisotopic (exact) mass is 600 g/mol. The molecule has 0 saturated carbocycles. The van der Waals surface area contributed by atoms with Crippen molar-refractivity contribution in [2.45, 2.75) is 13.8 Å². The van der Waals surface area contributed by atoms with Gasteiger partial charge in [-0.2, -0.15) is 10.5 Å². The molecular weight excluding hydrogens is 572 g/mol. The minimum Gasteiger partial charge on any atom is -0.465 e. The summed E-state index contributed by atoms with van der Waals surface area (Å²) in [6.07, 6.45) is 3.09. The molecule has 0 spiro atoms. The number of pyridine rings is 2. The van der Waals surface area contributed by atoms with E-state index in [4.69, 9.17) is 26.3 Å². The number of esters is 2. The molecule has 1 N–H and O–H groups in total. The van der Waals surface area contributed by atoms with Crippen molar-refractivity contribution < 1.29 is 23.8 Å². The van der Waals surface area contributed by atoms with E-state index >= 15 is 0 Å². The summed E-state index contributed by atoms with van der Waals surface area (Å²) in [5, 5.41) is 18.2. The molecular formula is C32H29ClN4O6. The van der Waals surface area contributed by atoms with Crippen molar-refractivity contribution in [3.05, 3.63) is 107 Å². The van der Waals surface area contributed by atoms with Gasteiger partial charge in [0.2, 0.25) is 5.88 Å². The number of rotatable bonds is 8. The molecule has 0 fully saturated rings. The quantitative estimate of drug-likeness (QED) is 0.210. The number of hydrogen-bond donors (Lipinski definition) is 1. The van der Waals surface area contributed by atoms with E-state index in [1.807, 2.05) is 66.7 Å². The van der Waals surface area contributed by atoms with Gasteiger partial charge in [0, 0.05) is 23.5 Å². The Morgan fingerprint density at radius 3 is 1.84 bits per heavy atom. The number of alkyl halides is 1. The number of aromatic amines is 1. The van der Waals surface area contributed by atoms with Gasteiger partial charge in [0.25, 0.3) is 5.56 Å². The zero-order valence-electron chi connectivity index (χ0n) is 23.6. The summed E-state index contributed by atoms with van der Waals surface area (Å²) in [7, 11) is 0. The van der Waals surface area contributed by atoms with E-state index in [9.17, 15) is 19.6 Å². The van der Waals surface area contributed by atoms with Crippen molar-refractivity contribution >= 4 is 23.5 Å². The van der Waals surface area contributed by atoms with E-state index in [0.29, 0.717) is 23.3 Å². The minimum atomic E-state index is -0.492. The topological polar surface area (TPSA) is 155 Å². The van der Waals surface area contributed by atoms with Crippen LogP contribution in [0.3, 0.4) is 0 Å². The van der Waals surface area contributed by atoms with Gasteiger partial charge in [-0.25, -0.2) is 9.78 Å². The Bertz CT molecular complexity index is 1610. The molecule has 220 valence electrons. The van der Waals surface area contributed by atoms with Crippen molar-refractivity contribution in [1.29, 1.82) is 10.5 Å². The molecule has 4 rings (SSSR count). The predicted octanol–water partition coefficient (Wildman–Crippen LogP) is 5.26. The molecule has 0 bridgehead atoms. The Morgan fingerprint density at radius 1 is 0.814 bits per heavy atom. The van der Waals surface area contributed by atoms with E-state index < -0.39 is 5.97 Å². The number of aromatic nitrogens is 2. The standard InChI is InChI=1S/C16H14N2O3.C12H8N2O.C4H7ClO2/c1-2-20-15(19)11-21-16-14(10-17)13(8-9-18-16)12-6-4-3-5-7-12;13-8-11-10(6-7-14-12(11)15)9-4-2-1-3-5-9;1-2-7-4(6)3-5/h3-9H,2,11H2,1H3;1-7H,(H,14,15);2-3H2,1H3. The maximum absolute atomic E-state index is 11.4. The van der Waals surface area contributed by atoms with Gasteiger partial charge < -0.3 is 19.2 Å². The van der Waals surface area contributed by atoms with Crippen LogP contribution >= 0.6 is 11.6 Å². The number of hydrogen-bond acceptors (Lipinski definition) is 9. The van der Waals surface area contributed by atoms with Gasteiger partial charge in [-0.05, 0) is 37.1 Å². The molecule has 0 aliphatic rings. The second kappa shape index (κ2) is 18.8. The lowest BCUT2D eigenvalue weighted by Gasteiger charge is -2.09. The number of H-pyrrole nitrogens is 1. The molecule has 4 aromatic rings. The van der Waals surface area contributed by atoms with Crippen LogP contribution in [0.4, 0.5) is 0 Å². The van der Waals surface area contributed by atoms with Gasteiger partial charge in [-0.15, -0.1) is 11.6 Å². The van der Waals surface area contributed by atoms with E-state index in [1.165, 1.54) is 0 Å². The molecule has 10 nitrogen and oxygen atoms in total. The van der Waals surface area contributed by atoms with Crippen LogP contribution in [-0.2, 0) is 19.1 Å². The summed E-state index contributed by atoms with van der Waals surface area (Å²) in [5.74, 6) is -0.766. The first kappa shape index (κ1) is 33.8. The molecule has 0 atom stereocenters. The van der Waals surface area contributed by atoms with Crippen LogP contribution in [0.1, 0.15) is 25.0 Å². The number of halogens is 1. The summed E-state index contributed by atoms with van der Waals surface area (Å²) < 4.78 is 14.5. The van der Waals surface area contributed by atoms with Crippen molar-refractivity contribution in [2.75, 3.05) is 25.7 Å². The second-order valence-electron chi connectivity index (χ2n) is 8.12. The Kier molecular flexibility index (Phi) is 14.8. The average molecular weight is 601 g/mol. The molecule has 0 aliphatic carbocycles. The number of ether oxygens (including phenoxy) is 3. The highest BCUT2D eigenvalue weighted by Crippen LogP contribution is 2.28. The van der Waals surface area contributed by atoms with Crippen molar-refractivity contribution in [3.63, 3.8) is 0 Å². The number of nitriles is 2. The zero-order chi connectivity index (χ0) is 31.5. The lowest BCUT2D eigenvalue weighted by molar-refractivity contribution is -0.145. The van der Waals surface area contributed by atoms with Gasteiger partial charge in [0.15, 0.2) is 6.61 Å². The fourth-order valence-electron chi connectivity index (χ4n) is 3.50. The average Bonchev–Trinajstić information content (AvgIpc) is 3.05. The van der Waals surface area contributed by atoms with E-state index in [1.54, 1.807) is 38.4 Å². The van der Waals surface area contributed by atoms with Crippen LogP contribution in [0.15, 0.2) is 90.0 Å². The summed E-state index contributed by atoms with van der Waals surface area (Å²) in [4.78, 5) is 39.2. The predicted molar refractivity (Wildman–Crippen MR) is 161 cm³/mol. The summed E-state index contributed by atoms with van der Waals surface area (Å²) in [6, 6.07) is 26.3. The minimum absolute atomic E-state index is 0.0478. The summed E-state index contributed by atoms with van der Waals surface area (Å²) in [5.41, 5.74) is 3.25. The maximum atomic E-state index is 11.4. The molecule has 2 aromatic carbocycles. The lowest BCUT2D eigenvalue weighted by Crippen LogP contribution is -2.15. The molecule has 43 heavy (non-hydrogen) atoms. The molecule has 0 unspecified atom stereocenters. The Labute approximate surface area is 254 Å². The van der Waals surface area contributed by atoms with Crippen molar-refractivity contribution in [1.82, 2.24) is 9.97 Å². The Morgan fingerprint density at radius 2 is 1.35 bits per heavy atom. The van der Waals surface area contributed by atoms with Crippen LogP contribution in [0.5, 0.6) is 5.88 Å². The van der Waals surface area contributed by atoms with Crippen molar-refractivity contribution in [2.24, 2.45) is 0 Å². The van der Waals surface area contributed by atoms with Crippen LogP contribution in [0.25, 0.3) is 22.3 Å². The third-order valence-corrected chi connectivity index (χ3v) is 5.53. The van der Waals surface area contributed by atoms with Crippen LogP contribution in [0, 0.1) is 22.7 Å². The molecule has 0 saturated heterocycles. The fourth-order valence-corrected chi connectivity index (χ4v) is 3.57. The highest BCUT2D eigenvalue weighted by atomic mass is 35.5. The molecule has 0 aliphatic heterocycles. The van der Waals surface area contributed by atoms with Crippen LogP contribution < -0.4 is 10.3 Å². The molecule has 0 radical (unpaired) electrons. The number of carbonyl (C=O) groups excluding carboxylic acids is 2. The maximum Gasteiger partial charge on any atom is 0.344 e. The summed E-state index contributed by atoms with van der Waals surface area (Å²) >= 11 is 5.06. The van der Waals surface area contributed by atoms with E-state index in [-0.39, 0.29) is 42.1 Å². The first-order chi connectivity index (χ1) is 20.9. The van der Waals surface area contributed by atoms with E-state index in [2.05, 4.69) is 20.8 Å². The summed E-state index contributed by atoms with van der Waals surface area (Å²) in [6.45, 7) is 3.88. The highest BCUT2D eigenvalue weighted by Gasteiger charge is 2.14. The van der Waals surface area contributed by atoms with Crippen molar-refractivity contribution in [3.8, 4) is 40.3 Å². The van der Waals surface area contributed by atoms with Gasteiger partial charge in [0.1, 0.15) is 29.1 Å². The SMILES string of the molecule is CCOC(=O)CCl.CCOC(=O)COc1nccc(-c2ccccc2)c1C#N.N#Cc1c(-c2ccccc2)cc[nH]c1=O. The lowest BCUT2D eigenvalue weighted by atomic mass is 10.0. The Hall–Kier alpha value is -5.45. The van der Waals surface area contributed by atoms with Gasteiger partial charge in [-0.1, -0.05) is 60.7 Å². The smallest absolute Gasteiger partial charge is 0.344 e. The third kappa shape index (κ3) is 10.8. The number of nitrogens with one attached hydrogen (secondary N) is 1.